The molecule has 0 heterocycles. The molecule has 0 spiro atoms. The molecule has 11 atom stereocenters. The highest BCUT2D eigenvalue weighted by Crippen LogP contribution is 2.69. The molecule has 7 nitrogen and oxygen atoms in total. The largest absolute Gasteiger partial charge is 0.469 e. The van der Waals surface area contributed by atoms with Crippen LogP contribution in [0.15, 0.2) is 30.3 Å². The Morgan fingerprint density at radius 2 is 1.71 bits per heavy atom. The molecule has 0 amide bonds. The second kappa shape index (κ2) is 13.0. The summed E-state index contributed by atoms with van der Waals surface area (Å²) in [5.74, 6) is 1.96. The highest BCUT2D eigenvalue weighted by Gasteiger charge is 2.65. The molecular formula is C35H52O7. The monoisotopic (exact) mass is 584 g/mol. The van der Waals surface area contributed by atoms with E-state index in [1.165, 1.54) is 26.9 Å². The smallest absolute Gasteiger partial charge is 0.305 e. The Balaban J connectivity index is 1.39. The van der Waals surface area contributed by atoms with Crippen molar-refractivity contribution in [1.29, 1.82) is 0 Å². The van der Waals surface area contributed by atoms with E-state index in [1.54, 1.807) is 0 Å². The molecule has 0 unspecified atom stereocenters. The zero-order valence-corrected chi connectivity index (χ0v) is 26.3. The summed E-state index contributed by atoms with van der Waals surface area (Å²) in [7, 11) is 1.47. The van der Waals surface area contributed by atoms with Crippen LogP contribution >= 0.6 is 0 Å². The number of carbonyl (C=O) groups is 2. The maximum Gasteiger partial charge on any atom is 0.305 e. The van der Waals surface area contributed by atoms with Crippen molar-refractivity contribution in [2.24, 2.45) is 46.3 Å². The minimum atomic E-state index is -0.640. The minimum absolute atomic E-state index is 0.0231. The van der Waals surface area contributed by atoms with Crippen molar-refractivity contribution >= 4 is 11.9 Å². The maximum atomic E-state index is 12.1. The van der Waals surface area contributed by atoms with Crippen molar-refractivity contribution < 1.29 is 33.6 Å². The van der Waals surface area contributed by atoms with Gasteiger partial charge in [0, 0.05) is 19.3 Å². The van der Waals surface area contributed by atoms with E-state index < -0.39 is 12.2 Å². The van der Waals surface area contributed by atoms with E-state index in [-0.39, 0.29) is 41.6 Å². The van der Waals surface area contributed by atoms with Crippen molar-refractivity contribution in [3.63, 3.8) is 0 Å². The third kappa shape index (κ3) is 6.03. The fraction of sp³-hybridized carbons (Fsp3) is 0.771. The second-order valence-corrected chi connectivity index (χ2v) is 14.3. The van der Waals surface area contributed by atoms with Crippen LogP contribution in [0.3, 0.4) is 0 Å². The molecule has 0 aliphatic heterocycles. The average Bonchev–Trinajstić information content (AvgIpc) is 3.33. The summed E-state index contributed by atoms with van der Waals surface area (Å²) in [5.41, 5.74) is 1.28. The zero-order valence-electron chi connectivity index (χ0n) is 26.3. The first-order chi connectivity index (χ1) is 20.1. The van der Waals surface area contributed by atoms with Gasteiger partial charge in [0.2, 0.25) is 0 Å². The topological polar surface area (TPSA) is 91.3 Å². The number of methoxy groups -OCH3 is 1. The van der Waals surface area contributed by atoms with E-state index in [9.17, 15) is 14.7 Å². The Kier molecular flexibility index (Phi) is 9.70. The van der Waals surface area contributed by atoms with Crippen LogP contribution in [-0.4, -0.2) is 49.3 Å². The van der Waals surface area contributed by atoms with E-state index in [0.717, 1.165) is 37.7 Å². The number of hydrogen-bond donors (Lipinski definition) is 1. The fourth-order valence-corrected chi connectivity index (χ4v) is 10.2. The number of hydrogen-bond acceptors (Lipinski definition) is 7. The number of carbonyl (C=O) groups excluding carboxylic acids is 2. The summed E-state index contributed by atoms with van der Waals surface area (Å²) in [4.78, 5) is 24.1. The van der Waals surface area contributed by atoms with Crippen LogP contribution in [-0.2, 0) is 35.1 Å². The van der Waals surface area contributed by atoms with Crippen LogP contribution < -0.4 is 0 Å². The molecule has 5 rings (SSSR count). The number of rotatable bonds is 10. The number of ether oxygens (including phenoxy) is 4. The summed E-state index contributed by atoms with van der Waals surface area (Å²) in [6, 6.07) is 10.1. The van der Waals surface area contributed by atoms with Gasteiger partial charge in [-0.05, 0) is 97.3 Å². The molecule has 42 heavy (non-hydrogen) atoms. The van der Waals surface area contributed by atoms with Gasteiger partial charge >= 0.3 is 11.9 Å². The van der Waals surface area contributed by atoms with Gasteiger partial charge in [0.05, 0.1) is 25.9 Å². The molecule has 1 aromatic rings. The van der Waals surface area contributed by atoms with Crippen molar-refractivity contribution in [1.82, 2.24) is 0 Å². The summed E-state index contributed by atoms with van der Waals surface area (Å²) < 4.78 is 23.5. The van der Waals surface area contributed by atoms with Gasteiger partial charge in [-0.15, -0.1) is 0 Å². The van der Waals surface area contributed by atoms with Gasteiger partial charge in [0.15, 0.2) is 0 Å². The molecule has 7 heteroatoms. The van der Waals surface area contributed by atoms with Crippen LogP contribution in [0, 0.1) is 46.3 Å². The van der Waals surface area contributed by atoms with Crippen LogP contribution in [0.2, 0.25) is 0 Å². The fourth-order valence-electron chi connectivity index (χ4n) is 10.2. The highest BCUT2D eigenvalue weighted by atomic mass is 16.7. The Labute approximate surface area is 252 Å². The van der Waals surface area contributed by atoms with E-state index >= 15 is 0 Å². The van der Waals surface area contributed by atoms with Gasteiger partial charge in [-0.2, -0.15) is 0 Å². The lowest BCUT2D eigenvalue weighted by Gasteiger charge is -2.64. The number of benzene rings is 1. The molecule has 0 aromatic heterocycles. The first kappa shape index (κ1) is 31.5. The summed E-state index contributed by atoms with van der Waals surface area (Å²) >= 11 is 0. The Bertz CT molecular complexity index is 1080. The van der Waals surface area contributed by atoms with Gasteiger partial charge in [-0.3, -0.25) is 9.59 Å². The van der Waals surface area contributed by atoms with Crippen molar-refractivity contribution in [2.75, 3.05) is 13.9 Å². The van der Waals surface area contributed by atoms with Gasteiger partial charge < -0.3 is 24.1 Å². The van der Waals surface area contributed by atoms with E-state index in [0.29, 0.717) is 49.0 Å². The molecule has 1 aromatic carbocycles. The van der Waals surface area contributed by atoms with Crippen molar-refractivity contribution in [3.8, 4) is 0 Å². The summed E-state index contributed by atoms with van der Waals surface area (Å²) in [6.45, 7) is 9.39. The quantitative estimate of drug-likeness (QED) is 0.196. The Hall–Kier alpha value is -1.96. The van der Waals surface area contributed by atoms with Gasteiger partial charge in [-0.25, -0.2) is 0 Å². The minimum Gasteiger partial charge on any atom is -0.469 e. The molecule has 4 aliphatic carbocycles. The highest BCUT2D eigenvalue weighted by molar-refractivity contribution is 5.69. The maximum absolute atomic E-state index is 12.1. The van der Waals surface area contributed by atoms with Crippen molar-refractivity contribution in [3.05, 3.63) is 35.9 Å². The molecule has 4 aliphatic rings. The summed E-state index contributed by atoms with van der Waals surface area (Å²) in [6.07, 6.45) is 7.16. The first-order valence-electron chi connectivity index (χ1n) is 16.2. The van der Waals surface area contributed by atoms with Crippen LogP contribution in [0.5, 0.6) is 0 Å². The lowest BCUT2D eigenvalue weighted by molar-refractivity contribution is -0.238. The average molecular weight is 585 g/mol. The number of fused-ring (bicyclic) bond motifs is 5. The Morgan fingerprint density at radius 1 is 1.00 bits per heavy atom. The zero-order chi connectivity index (χ0) is 30.1. The SMILES string of the molecule is COC(=O)CC[C@@H](C)[C@H]1CC[C@H]2[C@@H]3[C@H](OCOCc4ccccc4)C[C@H]4[C@@H](OC(C)=O)[C@H](O)CC[C@]4(C)[C@H]3CC[C@]12C. The van der Waals surface area contributed by atoms with Crippen LogP contribution in [0.1, 0.15) is 91.0 Å². The Morgan fingerprint density at radius 3 is 2.43 bits per heavy atom. The molecule has 4 saturated carbocycles. The van der Waals surface area contributed by atoms with Gasteiger partial charge in [0.1, 0.15) is 12.9 Å². The van der Waals surface area contributed by atoms with Gasteiger partial charge in [-0.1, -0.05) is 51.1 Å². The lowest BCUT2D eigenvalue weighted by atomic mass is 9.43. The van der Waals surface area contributed by atoms with Gasteiger partial charge in [0.25, 0.3) is 0 Å². The van der Waals surface area contributed by atoms with E-state index in [2.05, 4.69) is 32.9 Å². The summed E-state index contributed by atoms with van der Waals surface area (Å²) in [5, 5.41) is 11.0. The van der Waals surface area contributed by atoms with Crippen LogP contribution in [0.25, 0.3) is 0 Å². The standard InChI is InChI=1S/C35H52O7/c1-22(11-14-31(38)39-5)25-12-13-26-32-27(15-17-34(25,26)3)35(4)18-16-29(37)33(42-23(2)36)28(35)19-30(32)41-21-40-20-24-9-7-6-8-10-24/h6-10,22,25-30,32-33,37H,11-21H2,1-5H3/t22-,25-,26+,27+,28+,29-,30-,32+,33-,34-,35-/m1/s1. The first-order valence-corrected chi connectivity index (χ1v) is 16.2. The normalized spacial score (nSPS) is 39.9. The third-order valence-corrected chi connectivity index (χ3v) is 12.3. The third-order valence-electron chi connectivity index (χ3n) is 12.3. The molecule has 234 valence electrons. The molecule has 0 radical (unpaired) electrons. The molecule has 1 N–H and O–H groups in total. The van der Waals surface area contributed by atoms with E-state index in [1.807, 2.05) is 18.2 Å². The van der Waals surface area contributed by atoms with Crippen molar-refractivity contribution in [2.45, 2.75) is 110 Å². The second-order valence-electron chi connectivity index (χ2n) is 14.3. The van der Waals surface area contributed by atoms with Crippen LogP contribution in [0.4, 0.5) is 0 Å². The molecular weight excluding hydrogens is 532 g/mol. The predicted octanol–water partition coefficient (Wildman–Crippen LogP) is 6.31. The lowest BCUT2D eigenvalue weighted by Crippen LogP contribution is -2.63. The predicted molar refractivity (Wildman–Crippen MR) is 159 cm³/mol. The molecule has 4 fully saturated rings. The number of esters is 2. The number of aliphatic hydroxyl groups excluding tert-OH is 1. The molecule has 0 bridgehead atoms. The number of aliphatic hydroxyl groups is 1. The van der Waals surface area contributed by atoms with E-state index in [4.69, 9.17) is 18.9 Å². The molecule has 0 saturated heterocycles.